The summed E-state index contributed by atoms with van der Waals surface area (Å²) in [6, 6.07) is 1.85. The maximum Gasteiger partial charge on any atom is 0.337 e. The van der Waals surface area contributed by atoms with Crippen LogP contribution in [0.25, 0.3) is 0 Å². The summed E-state index contributed by atoms with van der Waals surface area (Å²) in [5, 5.41) is 20.0. The minimum atomic E-state index is -1.27. The number of carbonyl (C=O) groups is 2. The van der Waals surface area contributed by atoms with Gasteiger partial charge >= 0.3 is 12.0 Å². The molecule has 2 aromatic rings. The Bertz CT molecular complexity index is 659. The maximum absolute atomic E-state index is 13.2. The molecule has 2 amide bonds. The molecule has 2 rings (SSSR count). The molecule has 110 valence electrons. The zero-order valence-corrected chi connectivity index (χ0v) is 10.9. The molecule has 1 atom stereocenters. The third kappa shape index (κ3) is 3.53. The summed E-state index contributed by atoms with van der Waals surface area (Å²) >= 11 is 0. The number of anilines is 1. The average Bonchev–Trinajstić information content (AvgIpc) is 2.91. The molecule has 0 radical (unpaired) electrons. The van der Waals surface area contributed by atoms with Crippen LogP contribution in [0.5, 0.6) is 0 Å². The molecule has 0 spiro atoms. The summed E-state index contributed by atoms with van der Waals surface area (Å²) in [6.45, 7) is 1.66. The van der Waals surface area contributed by atoms with Gasteiger partial charge in [-0.2, -0.15) is 5.10 Å². The number of aromatic carboxylic acids is 1. The number of aromatic amines is 1. The second kappa shape index (κ2) is 5.99. The fraction of sp³-hybridized carbons (Fsp3) is 0.167. The van der Waals surface area contributed by atoms with Crippen molar-refractivity contribution < 1.29 is 19.1 Å². The molecule has 0 aliphatic heterocycles. The molecule has 0 bridgehead atoms. The van der Waals surface area contributed by atoms with Gasteiger partial charge in [0.25, 0.3) is 0 Å². The highest BCUT2D eigenvalue weighted by Crippen LogP contribution is 2.17. The lowest BCUT2D eigenvalue weighted by Gasteiger charge is -2.13. The number of halogens is 1. The first-order valence-electron chi connectivity index (χ1n) is 5.93. The zero-order valence-electron chi connectivity index (χ0n) is 10.9. The predicted molar refractivity (Wildman–Crippen MR) is 70.3 cm³/mol. The molecule has 4 N–H and O–H groups in total. The molecular formula is C12H12FN5O3. The summed E-state index contributed by atoms with van der Waals surface area (Å²) in [4.78, 5) is 26.7. The van der Waals surface area contributed by atoms with Gasteiger partial charge in [0.1, 0.15) is 18.0 Å². The SMILES string of the molecule is CC(NC(=O)Nc1cc(F)ccc1C(=O)O)c1ncn[nH]1. The van der Waals surface area contributed by atoms with E-state index in [4.69, 9.17) is 5.11 Å². The first-order valence-corrected chi connectivity index (χ1v) is 5.93. The van der Waals surface area contributed by atoms with Crippen LogP contribution >= 0.6 is 0 Å². The minimum Gasteiger partial charge on any atom is -0.478 e. The molecule has 9 heteroatoms. The van der Waals surface area contributed by atoms with E-state index in [-0.39, 0.29) is 11.3 Å². The number of urea groups is 1. The van der Waals surface area contributed by atoms with Crippen molar-refractivity contribution in [2.24, 2.45) is 0 Å². The Hall–Kier alpha value is -2.97. The van der Waals surface area contributed by atoms with Crippen molar-refractivity contribution in [3.8, 4) is 0 Å². The van der Waals surface area contributed by atoms with Crippen LogP contribution in [-0.2, 0) is 0 Å². The Labute approximate surface area is 118 Å². The molecule has 1 unspecified atom stereocenters. The highest BCUT2D eigenvalue weighted by Gasteiger charge is 2.16. The Morgan fingerprint density at radius 3 is 2.81 bits per heavy atom. The molecule has 0 aliphatic rings. The van der Waals surface area contributed by atoms with E-state index in [0.717, 1.165) is 18.2 Å². The number of carbonyl (C=O) groups excluding carboxylic acids is 1. The van der Waals surface area contributed by atoms with Gasteiger partial charge in [-0.05, 0) is 25.1 Å². The van der Waals surface area contributed by atoms with Crippen LogP contribution in [0, 0.1) is 5.82 Å². The van der Waals surface area contributed by atoms with E-state index in [2.05, 4.69) is 25.8 Å². The summed E-state index contributed by atoms with van der Waals surface area (Å²) in [5.41, 5.74) is -0.344. The smallest absolute Gasteiger partial charge is 0.337 e. The van der Waals surface area contributed by atoms with Crippen molar-refractivity contribution in [3.05, 3.63) is 41.7 Å². The van der Waals surface area contributed by atoms with E-state index < -0.39 is 23.9 Å². The summed E-state index contributed by atoms with van der Waals surface area (Å²) in [5.74, 6) is -1.49. The number of hydrogen-bond acceptors (Lipinski definition) is 4. The lowest BCUT2D eigenvalue weighted by Crippen LogP contribution is -2.32. The number of amides is 2. The molecule has 0 fully saturated rings. The number of rotatable bonds is 4. The van der Waals surface area contributed by atoms with Gasteiger partial charge in [-0.3, -0.25) is 5.10 Å². The van der Waals surface area contributed by atoms with Gasteiger partial charge in [-0.15, -0.1) is 0 Å². The minimum absolute atomic E-state index is 0.134. The topological polar surface area (TPSA) is 120 Å². The van der Waals surface area contributed by atoms with Gasteiger partial charge in [-0.1, -0.05) is 0 Å². The summed E-state index contributed by atoms with van der Waals surface area (Å²) in [6.07, 6.45) is 1.29. The molecule has 0 saturated heterocycles. The molecule has 0 saturated carbocycles. The van der Waals surface area contributed by atoms with Crippen LogP contribution in [-0.4, -0.2) is 32.3 Å². The fourth-order valence-corrected chi connectivity index (χ4v) is 1.65. The molecule has 8 nitrogen and oxygen atoms in total. The fourth-order valence-electron chi connectivity index (χ4n) is 1.65. The van der Waals surface area contributed by atoms with Gasteiger partial charge in [0.2, 0.25) is 0 Å². The highest BCUT2D eigenvalue weighted by molar-refractivity contribution is 6.00. The number of carboxylic acid groups (broad SMARTS) is 1. The van der Waals surface area contributed by atoms with Gasteiger partial charge < -0.3 is 15.7 Å². The third-order valence-corrected chi connectivity index (χ3v) is 2.65. The van der Waals surface area contributed by atoms with Crippen LogP contribution < -0.4 is 10.6 Å². The number of hydrogen-bond donors (Lipinski definition) is 4. The molecule has 1 aromatic carbocycles. The number of H-pyrrole nitrogens is 1. The standard InChI is InChI=1S/C12H12FN5O3/c1-6(10-14-5-15-18-10)16-12(21)17-9-4-7(13)2-3-8(9)11(19)20/h2-6H,1H3,(H,19,20)(H,14,15,18)(H2,16,17,21). The normalized spacial score (nSPS) is 11.7. The molecule has 1 aromatic heterocycles. The summed E-state index contributed by atoms with van der Waals surface area (Å²) < 4.78 is 13.2. The van der Waals surface area contributed by atoms with E-state index >= 15 is 0 Å². The zero-order chi connectivity index (χ0) is 15.4. The van der Waals surface area contributed by atoms with Gasteiger partial charge in [0, 0.05) is 0 Å². The monoisotopic (exact) mass is 293 g/mol. The number of carboxylic acids is 1. The predicted octanol–water partition coefficient (Wildman–Crippen LogP) is 1.52. The Balaban J connectivity index is 2.09. The van der Waals surface area contributed by atoms with Crippen LogP contribution in [0.1, 0.15) is 29.1 Å². The van der Waals surface area contributed by atoms with Crippen LogP contribution in [0.2, 0.25) is 0 Å². The Kier molecular flexibility index (Phi) is 4.12. The molecule has 21 heavy (non-hydrogen) atoms. The number of nitrogens with zero attached hydrogens (tertiary/aromatic N) is 2. The van der Waals surface area contributed by atoms with E-state index in [1.165, 1.54) is 6.33 Å². The van der Waals surface area contributed by atoms with Crippen LogP contribution in [0.4, 0.5) is 14.9 Å². The van der Waals surface area contributed by atoms with E-state index in [1.54, 1.807) is 6.92 Å². The second-order valence-electron chi connectivity index (χ2n) is 4.19. The van der Waals surface area contributed by atoms with Crippen LogP contribution in [0.15, 0.2) is 24.5 Å². The second-order valence-corrected chi connectivity index (χ2v) is 4.19. The Morgan fingerprint density at radius 2 is 2.19 bits per heavy atom. The largest absolute Gasteiger partial charge is 0.478 e. The van der Waals surface area contributed by atoms with E-state index in [1.807, 2.05) is 0 Å². The highest BCUT2D eigenvalue weighted by atomic mass is 19.1. The van der Waals surface area contributed by atoms with Crippen molar-refractivity contribution in [2.75, 3.05) is 5.32 Å². The number of nitrogens with one attached hydrogen (secondary N) is 3. The van der Waals surface area contributed by atoms with Crippen LogP contribution in [0.3, 0.4) is 0 Å². The first kappa shape index (κ1) is 14.4. The van der Waals surface area contributed by atoms with Crippen molar-refractivity contribution in [3.63, 3.8) is 0 Å². The molecule has 1 heterocycles. The first-order chi connectivity index (χ1) is 9.97. The summed E-state index contributed by atoms with van der Waals surface area (Å²) in [7, 11) is 0. The third-order valence-electron chi connectivity index (χ3n) is 2.65. The van der Waals surface area contributed by atoms with E-state index in [9.17, 15) is 14.0 Å². The molecule has 0 aliphatic carbocycles. The van der Waals surface area contributed by atoms with Crippen molar-refractivity contribution in [2.45, 2.75) is 13.0 Å². The number of aromatic nitrogens is 3. The van der Waals surface area contributed by atoms with Crippen molar-refractivity contribution in [1.82, 2.24) is 20.5 Å². The lowest BCUT2D eigenvalue weighted by molar-refractivity contribution is 0.0698. The quantitative estimate of drug-likeness (QED) is 0.681. The van der Waals surface area contributed by atoms with E-state index in [0.29, 0.717) is 5.82 Å². The van der Waals surface area contributed by atoms with Gasteiger partial charge in [0.15, 0.2) is 0 Å². The Morgan fingerprint density at radius 1 is 1.43 bits per heavy atom. The molecular weight excluding hydrogens is 281 g/mol. The lowest BCUT2D eigenvalue weighted by atomic mass is 10.2. The van der Waals surface area contributed by atoms with Crippen molar-refractivity contribution in [1.29, 1.82) is 0 Å². The van der Waals surface area contributed by atoms with Gasteiger partial charge in [0.05, 0.1) is 17.3 Å². The average molecular weight is 293 g/mol. The van der Waals surface area contributed by atoms with Crippen molar-refractivity contribution >= 4 is 17.7 Å². The van der Waals surface area contributed by atoms with Gasteiger partial charge in [-0.25, -0.2) is 19.0 Å². The number of benzene rings is 1. The maximum atomic E-state index is 13.2.